The van der Waals surface area contributed by atoms with Crippen molar-refractivity contribution in [1.82, 2.24) is 4.31 Å². The Morgan fingerprint density at radius 1 is 1.33 bits per heavy atom. The number of hydrogen-bond acceptors (Lipinski definition) is 6. The van der Waals surface area contributed by atoms with Crippen LogP contribution < -0.4 is 0 Å². The van der Waals surface area contributed by atoms with Crippen molar-refractivity contribution in [3.8, 4) is 0 Å². The van der Waals surface area contributed by atoms with Crippen LogP contribution in [0, 0.1) is 5.92 Å². The van der Waals surface area contributed by atoms with E-state index in [0.29, 0.717) is 10.1 Å². The van der Waals surface area contributed by atoms with Crippen LogP contribution in [-0.4, -0.2) is 50.0 Å². The lowest BCUT2D eigenvalue weighted by Crippen LogP contribution is -2.31. The highest BCUT2D eigenvalue weighted by Gasteiger charge is 2.39. The number of sulfonamides is 1. The molecule has 3 rings (SSSR count). The van der Waals surface area contributed by atoms with Crippen LogP contribution in [0.3, 0.4) is 0 Å². The zero-order valence-electron chi connectivity index (χ0n) is 12.8. The van der Waals surface area contributed by atoms with Gasteiger partial charge in [-0.2, -0.15) is 4.31 Å². The predicted octanol–water partition coefficient (Wildman–Crippen LogP) is 1.78. The average molecular weight is 369 g/mol. The Morgan fingerprint density at radius 2 is 2.04 bits per heavy atom. The van der Waals surface area contributed by atoms with Crippen molar-refractivity contribution in [1.29, 1.82) is 0 Å². The number of fused-ring (bicyclic) bond motifs is 1. The van der Waals surface area contributed by atoms with Gasteiger partial charge < -0.3 is 9.84 Å². The number of nitrogens with zero attached hydrogens (tertiary/aromatic N) is 1. The van der Waals surface area contributed by atoms with Gasteiger partial charge in [-0.25, -0.2) is 13.2 Å². The molecule has 1 atom stereocenters. The van der Waals surface area contributed by atoms with Gasteiger partial charge in [-0.15, -0.1) is 11.3 Å². The molecule has 1 unspecified atom stereocenters. The Kier molecular flexibility index (Phi) is 4.33. The fourth-order valence-electron chi connectivity index (χ4n) is 2.78. The first-order valence-corrected chi connectivity index (χ1v) is 9.44. The lowest BCUT2D eigenvalue weighted by Gasteiger charge is -2.16. The Hall–Kier alpha value is -1.97. The molecule has 128 valence electrons. The second-order valence-corrected chi connectivity index (χ2v) is 8.36. The number of carboxylic acid groups (broad SMARTS) is 1. The van der Waals surface area contributed by atoms with E-state index < -0.39 is 27.9 Å². The van der Waals surface area contributed by atoms with Gasteiger partial charge in [-0.3, -0.25) is 4.79 Å². The Morgan fingerprint density at radius 3 is 2.67 bits per heavy atom. The van der Waals surface area contributed by atoms with Crippen LogP contribution in [0.2, 0.25) is 0 Å². The summed E-state index contributed by atoms with van der Waals surface area (Å²) in [6, 6.07) is 6.82. The number of carbonyl (C=O) groups is 2. The van der Waals surface area contributed by atoms with E-state index in [-0.39, 0.29) is 29.3 Å². The van der Waals surface area contributed by atoms with Crippen molar-refractivity contribution in [3.05, 3.63) is 29.1 Å². The number of thiophene rings is 1. The molecule has 1 aromatic carbocycles. The molecule has 0 spiro atoms. The standard InChI is InChI=1S/C15H15NO6S2/c1-22-15(19)12-13(10-4-2-3-5-11(10)23-12)24(20,21)16-7-6-9(8-16)14(17)18/h2-5,9H,6-8H2,1H3,(H,17,18). The second-order valence-electron chi connectivity index (χ2n) is 5.43. The molecule has 1 N–H and O–H groups in total. The van der Waals surface area contributed by atoms with E-state index in [2.05, 4.69) is 0 Å². The van der Waals surface area contributed by atoms with E-state index in [4.69, 9.17) is 9.84 Å². The summed E-state index contributed by atoms with van der Waals surface area (Å²) in [5.41, 5.74) is 0. The molecule has 1 aliphatic heterocycles. The number of aliphatic carboxylic acids is 1. The number of rotatable bonds is 4. The third-order valence-electron chi connectivity index (χ3n) is 4.02. The van der Waals surface area contributed by atoms with Gasteiger partial charge in [0.15, 0.2) is 0 Å². The van der Waals surface area contributed by atoms with Gasteiger partial charge in [0.2, 0.25) is 10.0 Å². The molecule has 0 bridgehead atoms. The quantitative estimate of drug-likeness (QED) is 0.825. The average Bonchev–Trinajstić information content (AvgIpc) is 3.19. The number of methoxy groups -OCH3 is 1. The molecule has 2 aromatic rings. The van der Waals surface area contributed by atoms with Crippen molar-refractivity contribution in [2.24, 2.45) is 5.92 Å². The first kappa shape index (κ1) is 16.9. The minimum absolute atomic E-state index is 0.0116. The van der Waals surface area contributed by atoms with Crippen LogP contribution >= 0.6 is 11.3 Å². The summed E-state index contributed by atoms with van der Waals surface area (Å²) >= 11 is 1.05. The number of benzene rings is 1. The third-order valence-corrected chi connectivity index (χ3v) is 7.25. The largest absolute Gasteiger partial charge is 0.481 e. The van der Waals surface area contributed by atoms with Crippen molar-refractivity contribution in [2.75, 3.05) is 20.2 Å². The highest BCUT2D eigenvalue weighted by molar-refractivity contribution is 7.89. The van der Waals surface area contributed by atoms with Gasteiger partial charge in [-0.1, -0.05) is 18.2 Å². The van der Waals surface area contributed by atoms with Gasteiger partial charge in [0, 0.05) is 23.2 Å². The molecule has 0 radical (unpaired) electrons. The molecule has 1 saturated heterocycles. The van der Waals surface area contributed by atoms with Gasteiger partial charge in [-0.05, 0) is 12.5 Å². The van der Waals surface area contributed by atoms with Crippen molar-refractivity contribution >= 4 is 43.4 Å². The minimum atomic E-state index is -3.99. The molecule has 1 fully saturated rings. The summed E-state index contributed by atoms with van der Waals surface area (Å²) < 4.78 is 32.6. The number of ether oxygens (including phenoxy) is 1. The highest BCUT2D eigenvalue weighted by atomic mass is 32.2. The fraction of sp³-hybridized carbons (Fsp3) is 0.333. The zero-order valence-corrected chi connectivity index (χ0v) is 14.4. The monoisotopic (exact) mass is 369 g/mol. The molecule has 0 saturated carbocycles. The van der Waals surface area contributed by atoms with Crippen LogP contribution in [-0.2, 0) is 19.6 Å². The van der Waals surface area contributed by atoms with Crippen LogP contribution in [0.25, 0.3) is 10.1 Å². The van der Waals surface area contributed by atoms with Crippen molar-refractivity contribution < 1.29 is 27.9 Å². The van der Waals surface area contributed by atoms with E-state index in [1.165, 1.54) is 7.11 Å². The normalized spacial score (nSPS) is 18.8. The highest BCUT2D eigenvalue weighted by Crippen LogP contribution is 2.38. The molecule has 2 heterocycles. The van der Waals surface area contributed by atoms with Gasteiger partial charge in [0.25, 0.3) is 0 Å². The number of carbonyl (C=O) groups excluding carboxylic acids is 1. The Labute approximate surface area is 142 Å². The molecule has 9 heteroatoms. The Balaban J connectivity index is 2.14. The molecule has 7 nitrogen and oxygen atoms in total. The SMILES string of the molecule is COC(=O)c1sc2ccccc2c1S(=O)(=O)N1CCC(C(=O)O)C1. The summed E-state index contributed by atoms with van der Waals surface area (Å²) in [6.45, 7) is 0.0204. The predicted molar refractivity (Wildman–Crippen MR) is 87.7 cm³/mol. The number of esters is 1. The lowest BCUT2D eigenvalue weighted by atomic mass is 10.1. The lowest BCUT2D eigenvalue weighted by molar-refractivity contribution is -0.141. The summed E-state index contributed by atoms with van der Waals surface area (Å²) in [4.78, 5) is 23.1. The minimum Gasteiger partial charge on any atom is -0.481 e. The maximum absolute atomic E-state index is 13.1. The topological polar surface area (TPSA) is 101 Å². The van der Waals surface area contributed by atoms with Crippen molar-refractivity contribution in [3.63, 3.8) is 0 Å². The third kappa shape index (κ3) is 2.68. The van der Waals surface area contributed by atoms with E-state index >= 15 is 0 Å². The van der Waals surface area contributed by atoms with E-state index in [1.807, 2.05) is 0 Å². The first-order chi connectivity index (χ1) is 11.4. The molecule has 24 heavy (non-hydrogen) atoms. The maximum Gasteiger partial charge on any atom is 0.349 e. The summed E-state index contributed by atoms with van der Waals surface area (Å²) in [5.74, 6) is -2.47. The van der Waals surface area contributed by atoms with Crippen LogP contribution in [0.5, 0.6) is 0 Å². The molecule has 0 amide bonds. The Bertz CT molecular complexity index is 917. The molecular weight excluding hydrogens is 354 g/mol. The first-order valence-electron chi connectivity index (χ1n) is 7.19. The fourth-order valence-corrected chi connectivity index (χ4v) is 6.06. The van der Waals surface area contributed by atoms with Gasteiger partial charge >= 0.3 is 11.9 Å². The van der Waals surface area contributed by atoms with Crippen LogP contribution in [0.15, 0.2) is 29.2 Å². The number of carboxylic acids is 1. The molecule has 0 aliphatic carbocycles. The zero-order chi connectivity index (χ0) is 17.5. The summed E-state index contributed by atoms with van der Waals surface area (Å²) in [7, 11) is -2.80. The number of hydrogen-bond donors (Lipinski definition) is 1. The van der Waals surface area contributed by atoms with Gasteiger partial charge in [0.05, 0.1) is 13.0 Å². The molecule has 1 aromatic heterocycles. The maximum atomic E-state index is 13.1. The van der Waals surface area contributed by atoms with Crippen LogP contribution in [0.4, 0.5) is 0 Å². The second kappa shape index (κ2) is 6.15. The van der Waals surface area contributed by atoms with E-state index in [9.17, 15) is 18.0 Å². The summed E-state index contributed by atoms with van der Waals surface area (Å²) in [5, 5.41) is 9.53. The van der Waals surface area contributed by atoms with Crippen molar-refractivity contribution in [2.45, 2.75) is 11.3 Å². The molecular formula is C15H15NO6S2. The summed E-state index contributed by atoms with van der Waals surface area (Å²) in [6.07, 6.45) is 0.254. The molecule has 1 aliphatic rings. The van der Waals surface area contributed by atoms with E-state index in [0.717, 1.165) is 15.6 Å². The van der Waals surface area contributed by atoms with Gasteiger partial charge in [0.1, 0.15) is 9.77 Å². The van der Waals surface area contributed by atoms with E-state index in [1.54, 1.807) is 24.3 Å². The van der Waals surface area contributed by atoms with Crippen LogP contribution in [0.1, 0.15) is 16.1 Å². The smallest absolute Gasteiger partial charge is 0.349 e.